The Balaban J connectivity index is 2.40. The average Bonchev–Trinajstić information content (AvgIpc) is 2.43. The fraction of sp³-hybridized carbons (Fsp3) is 0.933. The Morgan fingerprint density at radius 1 is 1.21 bits per heavy atom. The molecule has 1 rings (SSSR count). The highest BCUT2D eigenvalue weighted by molar-refractivity contribution is 5.78. The summed E-state index contributed by atoms with van der Waals surface area (Å²) >= 11 is 0. The first-order valence-corrected chi connectivity index (χ1v) is 7.79. The van der Waals surface area contributed by atoms with Crippen LogP contribution in [0.25, 0.3) is 0 Å². The van der Waals surface area contributed by atoms with Crippen molar-refractivity contribution < 1.29 is 9.90 Å². The summed E-state index contributed by atoms with van der Waals surface area (Å²) < 4.78 is 0. The summed E-state index contributed by atoms with van der Waals surface area (Å²) in [6, 6.07) is 0. The Morgan fingerprint density at radius 2 is 1.84 bits per heavy atom. The lowest BCUT2D eigenvalue weighted by Gasteiger charge is -2.31. The maximum atomic E-state index is 11.6. The summed E-state index contributed by atoms with van der Waals surface area (Å²) in [5.74, 6) is -0.693. The Kier molecular flexibility index (Phi) is 7.39. The van der Waals surface area contributed by atoms with Gasteiger partial charge < -0.3 is 15.3 Å². The van der Waals surface area contributed by atoms with E-state index in [1.54, 1.807) is 7.05 Å². The summed E-state index contributed by atoms with van der Waals surface area (Å²) in [5.41, 5.74) is -0.716. The van der Waals surface area contributed by atoms with Crippen LogP contribution in [-0.2, 0) is 4.79 Å². The number of nitrogens with one attached hydrogen (secondary N) is 1. The van der Waals surface area contributed by atoms with Crippen molar-refractivity contribution in [1.82, 2.24) is 10.2 Å². The minimum Gasteiger partial charge on any atom is -0.480 e. The SMILES string of the molecule is CCCCC(CCCN1CCCCC1)(NC)C(=O)O. The van der Waals surface area contributed by atoms with Crippen LogP contribution >= 0.6 is 0 Å². The molecule has 0 amide bonds. The molecule has 0 aromatic carbocycles. The first-order chi connectivity index (χ1) is 9.14. The van der Waals surface area contributed by atoms with E-state index in [2.05, 4.69) is 17.1 Å². The zero-order valence-corrected chi connectivity index (χ0v) is 12.6. The van der Waals surface area contributed by atoms with Gasteiger partial charge in [0, 0.05) is 0 Å². The van der Waals surface area contributed by atoms with Crippen molar-refractivity contribution in [3.05, 3.63) is 0 Å². The van der Waals surface area contributed by atoms with Gasteiger partial charge in [0.15, 0.2) is 0 Å². The summed E-state index contributed by atoms with van der Waals surface area (Å²) in [6.45, 7) is 5.53. The minimum absolute atomic E-state index is 0.693. The van der Waals surface area contributed by atoms with E-state index in [1.807, 2.05) is 0 Å². The lowest BCUT2D eigenvalue weighted by molar-refractivity contribution is -0.145. The van der Waals surface area contributed by atoms with Crippen LogP contribution in [0.15, 0.2) is 0 Å². The number of rotatable bonds is 9. The fourth-order valence-corrected chi connectivity index (χ4v) is 2.96. The van der Waals surface area contributed by atoms with Crippen molar-refractivity contribution >= 4 is 5.97 Å². The molecule has 0 aliphatic carbocycles. The lowest BCUT2D eigenvalue weighted by Crippen LogP contribution is -2.50. The first-order valence-electron chi connectivity index (χ1n) is 7.79. The van der Waals surface area contributed by atoms with E-state index >= 15 is 0 Å². The van der Waals surface area contributed by atoms with Crippen LogP contribution in [0.5, 0.6) is 0 Å². The van der Waals surface area contributed by atoms with Crippen LogP contribution in [0.2, 0.25) is 0 Å². The van der Waals surface area contributed by atoms with Gasteiger partial charge in [0.2, 0.25) is 0 Å². The average molecular weight is 270 g/mol. The van der Waals surface area contributed by atoms with Gasteiger partial charge in [-0.1, -0.05) is 26.2 Å². The normalized spacial score (nSPS) is 20.1. The van der Waals surface area contributed by atoms with Crippen LogP contribution < -0.4 is 5.32 Å². The van der Waals surface area contributed by atoms with Gasteiger partial charge in [-0.3, -0.25) is 4.79 Å². The van der Waals surface area contributed by atoms with Crippen LogP contribution in [0.4, 0.5) is 0 Å². The van der Waals surface area contributed by atoms with Crippen molar-refractivity contribution in [3.63, 3.8) is 0 Å². The topological polar surface area (TPSA) is 52.6 Å². The van der Waals surface area contributed by atoms with E-state index in [0.717, 1.165) is 38.6 Å². The van der Waals surface area contributed by atoms with Gasteiger partial charge in [0.25, 0.3) is 0 Å². The predicted molar refractivity (Wildman–Crippen MR) is 78.5 cm³/mol. The number of hydrogen-bond donors (Lipinski definition) is 2. The first kappa shape index (κ1) is 16.4. The number of carbonyl (C=O) groups is 1. The third kappa shape index (κ3) is 5.11. The Bertz CT molecular complexity index is 265. The summed E-state index contributed by atoms with van der Waals surface area (Å²) in [5, 5.41) is 12.6. The number of nitrogens with zero attached hydrogens (tertiary/aromatic N) is 1. The number of unbranched alkanes of at least 4 members (excludes halogenated alkanes) is 1. The molecule has 0 bridgehead atoms. The third-order valence-electron chi connectivity index (χ3n) is 4.37. The molecule has 0 aromatic heterocycles. The van der Waals surface area contributed by atoms with Gasteiger partial charge in [-0.15, -0.1) is 0 Å². The number of likely N-dealkylation sites (N-methyl/N-ethyl adjacent to an activating group) is 1. The lowest BCUT2D eigenvalue weighted by atomic mass is 9.87. The molecule has 0 aromatic rings. The number of carboxylic acids is 1. The highest BCUT2D eigenvalue weighted by Crippen LogP contribution is 2.21. The minimum atomic E-state index is -0.716. The molecule has 1 heterocycles. The summed E-state index contributed by atoms with van der Waals surface area (Å²) in [4.78, 5) is 14.0. The second-order valence-electron chi connectivity index (χ2n) is 5.75. The monoisotopic (exact) mass is 270 g/mol. The van der Waals surface area contributed by atoms with Gasteiger partial charge in [0.05, 0.1) is 0 Å². The summed E-state index contributed by atoms with van der Waals surface area (Å²) in [7, 11) is 1.78. The predicted octanol–water partition coefficient (Wildman–Crippen LogP) is 2.49. The molecule has 0 saturated carbocycles. The van der Waals surface area contributed by atoms with E-state index in [9.17, 15) is 9.90 Å². The number of hydrogen-bond acceptors (Lipinski definition) is 3. The van der Waals surface area contributed by atoms with E-state index in [-0.39, 0.29) is 0 Å². The highest BCUT2D eigenvalue weighted by atomic mass is 16.4. The van der Waals surface area contributed by atoms with E-state index in [1.165, 1.54) is 32.4 Å². The molecule has 0 spiro atoms. The molecule has 112 valence electrons. The number of carboxylic acid groups (broad SMARTS) is 1. The molecule has 1 fully saturated rings. The van der Waals surface area contributed by atoms with Gasteiger partial charge in [0.1, 0.15) is 5.54 Å². The largest absolute Gasteiger partial charge is 0.480 e. The molecular weight excluding hydrogens is 240 g/mol. The standard InChI is InChI=1S/C15H30N2O2/c1-3-4-9-15(16-2,14(18)19)10-8-13-17-11-6-5-7-12-17/h16H,3-13H2,1-2H3,(H,18,19). The van der Waals surface area contributed by atoms with E-state index in [0.29, 0.717) is 0 Å². The molecule has 1 unspecified atom stereocenters. The van der Waals surface area contributed by atoms with Crippen LogP contribution in [-0.4, -0.2) is 48.2 Å². The van der Waals surface area contributed by atoms with Crippen LogP contribution in [0.1, 0.15) is 58.3 Å². The van der Waals surface area contributed by atoms with Gasteiger partial charge in [-0.25, -0.2) is 0 Å². The second-order valence-corrected chi connectivity index (χ2v) is 5.75. The van der Waals surface area contributed by atoms with Crippen molar-refractivity contribution in [2.24, 2.45) is 0 Å². The van der Waals surface area contributed by atoms with E-state index in [4.69, 9.17) is 0 Å². The maximum absolute atomic E-state index is 11.6. The smallest absolute Gasteiger partial charge is 0.323 e. The van der Waals surface area contributed by atoms with E-state index < -0.39 is 11.5 Å². The van der Waals surface area contributed by atoms with Crippen molar-refractivity contribution in [1.29, 1.82) is 0 Å². The Morgan fingerprint density at radius 3 is 2.37 bits per heavy atom. The molecule has 1 aliphatic rings. The second kappa shape index (κ2) is 8.54. The molecule has 4 nitrogen and oxygen atoms in total. The molecule has 19 heavy (non-hydrogen) atoms. The maximum Gasteiger partial charge on any atom is 0.323 e. The Labute approximate surface area is 117 Å². The molecule has 0 radical (unpaired) electrons. The van der Waals surface area contributed by atoms with Crippen molar-refractivity contribution in [2.45, 2.75) is 63.8 Å². The molecule has 1 saturated heterocycles. The fourth-order valence-electron chi connectivity index (χ4n) is 2.96. The number of piperidine rings is 1. The molecule has 1 atom stereocenters. The molecule has 4 heteroatoms. The van der Waals surface area contributed by atoms with Gasteiger partial charge in [-0.05, 0) is 58.8 Å². The highest BCUT2D eigenvalue weighted by Gasteiger charge is 2.35. The quantitative estimate of drug-likeness (QED) is 0.676. The summed E-state index contributed by atoms with van der Waals surface area (Å²) in [6.07, 6.45) is 8.39. The Hall–Kier alpha value is -0.610. The van der Waals surface area contributed by atoms with Gasteiger partial charge >= 0.3 is 5.97 Å². The number of aliphatic carboxylic acids is 1. The zero-order valence-electron chi connectivity index (χ0n) is 12.6. The molecule has 2 N–H and O–H groups in total. The molecular formula is C15H30N2O2. The number of likely N-dealkylation sites (tertiary alicyclic amines) is 1. The van der Waals surface area contributed by atoms with Crippen molar-refractivity contribution in [3.8, 4) is 0 Å². The third-order valence-corrected chi connectivity index (χ3v) is 4.37. The molecule has 1 aliphatic heterocycles. The van der Waals surface area contributed by atoms with Crippen LogP contribution in [0.3, 0.4) is 0 Å². The van der Waals surface area contributed by atoms with Gasteiger partial charge in [-0.2, -0.15) is 0 Å². The van der Waals surface area contributed by atoms with Crippen molar-refractivity contribution in [2.75, 3.05) is 26.7 Å². The van der Waals surface area contributed by atoms with Crippen LogP contribution in [0, 0.1) is 0 Å². The zero-order chi connectivity index (χ0) is 14.1.